The Balaban J connectivity index is 1.82. The van der Waals surface area contributed by atoms with E-state index >= 15 is 0 Å². The second-order valence-corrected chi connectivity index (χ2v) is 5.09. The van der Waals surface area contributed by atoms with Gasteiger partial charge in [-0.25, -0.2) is 0 Å². The van der Waals surface area contributed by atoms with Crippen molar-refractivity contribution >= 4 is 5.91 Å². The average Bonchev–Trinajstić information content (AvgIpc) is 2.73. The molecule has 0 spiro atoms. The molecule has 3 heteroatoms. The van der Waals surface area contributed by atoms with E-state index in [4.69, 9.17) is 0 Å². The number of nitrogens with zero attached hydrogens (tertiary/aromatic N) is 1. The summed E-state index contributed by atoms with van der Waals surface area (Å²) in [6.45, 7) is 4.89. The third-order valence-corrected chi connectivity index (χ3v) is 4.10. The van der Waals surface area contributed by atoms with E-state index in [2.05, 4.69) is 17.1 Å². The van der Waals surface area contributed by atoms with Crippen LogP contribution in [0.4, 0.5) is 0 Å². The molecule has 1 aliphatic heterocycles. The number of fused-ring (bicyclic) bond motifs is 1. The molecule has 1 heterocycles. The predicted octanol–water partition coefficient (Wildman–Crippen LogP) is 1.78. The molecule has 1 N–H and O–H groups in total. The van der Waals surface area contributed by atoms with Crippen LogP contribution in [0.5, 0.6) is 0 Å². The number of carbonyl (C=O) groups is 1. The van der Waals surface area contributed by atoms with E-state index in [-0.39, 0.29) is 0 Å². The molecule has 1 saturated carbocycles. The smallest absolute Gasteiger partial charge is 0.224 e. The summed E-state index contributed by atoms with van der Waals surface area (Å²) >= 11 is 0. The van der Waals surface area contributed by atoms with Crippen LogP contribution in [0.25, 0.3) is 0 Å². The first kappa shape index (κ1) is 11.9. The summed E-state index contributed by atoms with van der Waals surface area (Å²) in [7, 11) is 0. The topological polar surface area (TPSA) is 32.3 Å². The van der Waals surface area contributed by atoms with Gasteiger partial charge in [-0.05, 0) is 31.7 Å². The van der Waals surface area contributed by atoms with Gasteiger partial charge in [-0.15, -0.1) is 0 Å². The normalized spacial score (nSPS) is 29.2. The molecule has 0 aromatic carbocycles. The number of hydrogen-bond donors (Lipinski definition) is 1. The molecule has 1 saturated heterocycles. The van der Waals surface area contributed by atoms with Crippen LogP contribution in [0.1, 0.15) is 45.4 Å². The minimum atomic E-state index is 0.371. The Hall–Kier alpha value is -0.570. The molecule has 16 heavy (non-hydrogen) atoms. The van der Waals surface area contributed by atoms with Gasteiger partial charge in [-0.1, -0.05) is 19.8 Å². The fourth-order valence-corrected chi connectivity index (χ4v) is 3.23. The molecular formula is C13H24N2O. The summed E-state index contributed by atoms with van der Waals surface area (Å²) in [6, 6.07) is 0.586. The highest BCUT2D eigenvalue weighted by molar-refractivity contribution is 5.77. The van der Waals surface area contributed by atoms with Crippen molar-refractivity contribution in [2.24, 2.45) is 5.92 Å². The minimum absolute atomic E-state index is 0.371. The lowest BCUT2D eigenvalue weighted by atomic mass is 9.85. The van der Waals surface area contributed by atoms with Crippen LogP contribution in [0.15, 0.2) is 0 Å². The Labute approximate surface area is 98.6 Å². The first-order valence-corrected chi connectivity index (χ1v) is 6.83. The van der Waals surface area contributed by atoms with Crippen molar-refractivity contribution in [1.82, 2.24) is 10.2 Å². The quantitative estimate of drug-likeness (QED) is 0.738. The fourth-order valence-electron chi connectivity index (χ4n) is 3.23. The van der Waals surface area contributed by atoms with E-state index < -0.39 is 0 Å². The Bertz CT molecular complexity index is 242. The first-order valence-electron chi connectivity index (χ1n) is 6.83. The van der Waals surface area contributed by atoms with Gasteiger partial charge < -0.3 is 10.2 Å². The van der Waals surface area contributed by atoms with E-state index in [0.29, 0.717) is 18.4 Å². The summed E-state index contributed by atoms with van der Waals surface area (Å²) in [6.07, 6.45) is 7.21. The highest BCUT2D eigenvalue weighted by Crippen LogP contribution is 2.36. The Morgan fingerprint density at radius 1 is 1.31 bits per heavy atom. The van der Waals surface area contributed by atoms with Gasteiger partial charge in [-0.3, -0.25) is 4.79 Å². The van der Waals surface area contributed by atoms with Crippen LogP contribution >= 0.6 is 0 Å². The molecule has 92 valence electrons. The van der Waals surface area contributed by atoms with Crippen LogP contribution in [0.2, 0.25) is 0 Å². The van der Waals surface area contributed by atoms with Crippen molar-refractivity contribution in [2.75, 3.05) is 19.6 Å². The zero-order chi connectivity index (χ0) is 11.4. The van der Waals surface area contributed by atoms with E-state index in [1.165, 1.54) is 32.1 Å². The number of likely N-dealkylation sites (tertiary alicyclic amines) is 1. The third-order valence-electron chi connectivity index (χ3n) is 4.10. The fraction of sp³-hybridized carbons (Fsp3) is 0.923. The van der Waals surface area contributed by atoms with Crippen LogP contribution in [0, 0.1) is 5.92 Å². The Morgan fingerprint density at radius 3 is 2.94 bits per heavy atom. The maximum atomic E-state index is 12.1. The number of carbonyl (C=O) groups excluding carboxylic acids is 1. The van der Waals surface area contributed by atoms with Crippen molar-refractivity contribution in [2.45, 2.75) is 51.5 Å². The van der Waals surface area contributed by atoms with Crippen molar-refractivity contribution in [3.05, 3.63) is 0 Å². The summed E-state index contributed by atoms with van der Waals surface area (Å²) in [5.41, 5.74) is 0. The predicted molar refractivity (Wildman–Crippen MR) is 65.2 cm³/mol. The van der Waals surface area contributed by atoms with E-state index in [1.807, 2.05) is 0 Å². The van der Waals surface area contributed by atoms with Crippen LogP contribution in [-0.2, 0) is 4.79 Å². The van der Waals surface area contributed by atoms with Gasteiger partial charge in [0.05, 0.1) is 0 Å². The van der Waals surface area contributed by atoms with Crippen molar-refractivity contribution in [1.29, 1.82) is 0 Å². The zero-order valence-corrected chi connectivity index (χ0v) is 10.4. The number of amides is 1. The molecule has 2 fully saturated rings. The molecule has 0 aromatic heterocycles. The lowest BCUT2D eigenvalue weighted by Crippen LogP contribution is -2.40. The monoisotopic (exact) mass is 224 g/mol. The van der Waals surface area contributed by atoms with Gasteiger partial charge in [0.15, 0.2) is 0 Å². The Kier molecular flexibility index (Phi) is 4.22. The average molecular weight is 224 g/mol. The summed E-state index contributed by atoms with van der Waals surface area (Å²) in [4.78, 5) is 14.2. The van der Waals surface area contributed by atoms with Crippen molar-refractivity contribution in [3.63, 3.8) is 0 Å². The molecular weight excluding hydrogens is 200 g/mol. The minimum Gasteiger partial charge on any atom is -0.339 e. The van der Waals surface area contributed by atoms with Gasteiger partial charge in [0.1, 0.15) is 0 Å². The summed E-state index contributed by atoms with van der Waals surface area (Å²) < 4.78 is 0. The van der Waals surface area contributed by atoms with Crippen LogP contribution < -0.4 is 5.32 Å². The molecule has 1 aliphatic carbocycles. The largest absolute Gasteiger partial charge is 0.339 e. The van der Waals surface area contributed by atoms with E-state index in [1.54, 1.807) is 0 Å². The lowest BCUT2D eigenvalue weighted by Gasteiger charge is -2.31. The van der Waals surface area contributed by atoms with Crippen molar-refractivity contribution in [3.8, 4) is 0 Å². The van der Waals surface area contributed by atoms with Gasteiger partial charge >= 0.3 is 0 Å². The molecule has 2 atom stereocenters. The maximum Gasteiger partial charge on any atom is 0.224 e. The second-order valence-electron chi connectivity index (χ2n) is 5.09. The molecule has 0 radical (unpaired) electrons. The summed E-state index contributed by atoms with van der Waals surface area (Å²) in [5, 5.41) is 3.23. The lowest BCUT2D eigenvalue weighted by molar-refractivity contribution is -0.132. The van der Waals surface area contributed by atoms with Crippen LogP contribution in [-0.4, -0.2) is 36.5 Å². The summed E-state index contributed by atoms with van der Waals surface area (Å²) in [5.74, 6) is 1.19. The van der Waals surface area contributed by atoms with Gasteiger partial charge in [-0.2, -0.15) is 0 Å². The molecule has 2 aliphatic rings. The van der Waals surface area contributed by atoms with Gasteiger partial charge in [0, 0.05) is 25.6 Å². The highest BCUT2D eigenvalue weighted by atomic mass is 16.2. The molecule has 1 amide bonds. The molecule has 2 rings (SSSR count). The second kappa shape index (κ2) is 5.67. The standard InChI is InChI=1S/C13H24N2O/c1-2-14-9-7-13(16)15-10-8-11-5-3-4-6-12(11)15/h11-12,14H,2-10H2,1H3. The molecule has 0 bridgehead atoms. The number of rotatable bonds is 4. The molecule has 0 aromatic rings. The Morgan fingerprint density at radius 2 is 2.12 bits per heavy atom. The zero-order valence-electron chi connectivity index (χ0n) is 10.4. The maximum absolute atomic E-state index is 12.1. The molecule has 3 nitrogen and oxygen atoms in total. The van der Waals surface area contributed by atoms with Gasteiger partial charge in [0.25, 0.3) is 0 Å². The van der Waals surface area contributed by atoms with Crippen LogP contribution in [0.3, 0.4) is 0 Å². The number of hydrogen-bond acceptors (Lipinski definition) is 2. The third kappa shape index (κ3) is 2.57. The first-order chi connectivity index (χ1) is 7.83. The SMILES string of the molecule is CCNCCC(=O)N1CCC2CCCCC21. The van der Waals surface area contributed by atoms with Crippen molar-refractivity contribution < 1.29 is 4.79 Å². The number of nitrogens with one attached hydrogen (secondary N) is 1. The van der Waals surface area contributed by atoms with Gasteiger partial charge in [0.2, 0.25) is 5.91 Å². The van der Waals surface area contributed by atoms with E-state index in [9.17, 15) is 4.79 Å². The van der Waals surface area contributed by atoms with E-state index in [0.717, 1.165) is 25.6 Å². The molecule has 2 unspecified atom stereocenters. The highest BCUT2D eigenvalue weighted by Gasteiger charge is 2.37.